The number of rotatable bonds is 2. The first-order valence-electron chi connectivity index (χ1n) is 3.62. The molecule has 11 heavy (non-hydrogen) atoms. The van der Waals surface area contributed by atoms with E-state index in [9.17, 15) is 4.79 Å². The zero-order valence-electron chi connectivity index (χ0n) is 6.38. The molecule has 1 amide bonds. The molecule has 0 atom stereocenters. The lowest BCUT2D eigenvalue weighted by Crippen LogP contribution is -2.44. The van der Waals surface area contributed by atoms with E-state index in [1.54, 1.807) is 0 Å². The van der Waals surface area contributed by atoms with Crippen LogP contribution in [0.4, 0.5) is 0 Å². The van der Waals surface area contributed by atoms with Gasteiger partial charge < -0.3 is 4.74 Å². The van der Waals surface area contributed by atoms with Gasteiger partial charge in [-0.15, -0.1) is 0 Å². The van der Waals surface area contributed by atoms with Gasteiger partial charge in [-0.3, -0.25) is 15.1 Å². The minimum atomic E-state index is -0.146. The summed E-state index contributed by atoms with van der Waals surface area (Å²) in [5, 5.41) is 0. The third kappa shape index (κ3) is 2.83. The SMILES string of the molecule is NNC(=O)CN1CCOCC1. The third-order valence-electron chi connectivity index (χ3n) is 1.63. The molecule has 0 aliphatic carbocycles. The van der Waals surface area contributed by atoms with Crippen molar-refractivity contribution in [3.05, 3.63) is 0 Å². The summed E-state index contributed by atoms with van der Waals surface area (Å²) in [5.41, 5.74) is 2.09. The van der Waals surface area contributed by atoms with Crippen LogP contribution < -0.4 is 11.3 Å². The second-order valence-electron chi connectivity index (χ2n) is 2.46. The summed E-state index contributed by atoms with van der Waals surface area (Å²) in [6.07, 6.45) is 0. The summed E-state index contributed by atoms with van der Waals surface area (Å²) < 4.78 is 5.11. The van der Waals surface area contributed by atoms with E-state index in [0.717, 1.165) is 13.1 Å². The van der Waals surface area contributed by atoms with Gasteiger partial charge >= 0.3 is 0 Å². The Kier molecular flexibility index (Phi) is 3.28. The molecule has 1 aliphatic rings. The standard InChI is InChI=1S/C6H13N3O2/c7-8-6(10)5-9-1-3-11-4-2-9/h1-5,7H2,(H,8,10). The molecule has 0 aromatic heterocycles. The number of carbonyl (C=O) groups is 1. The van der Waals surface area contributed by atoms with Gasteiger partial charge in [0.15, 0.2) is 0 Å². The zero-order valence-corrected chi connectivity index (χ0v) is 6.38. The van der Waals surface area contributed by atoms with Crippen molar-refractivity contribution in [1.29, 1.82) is 0 Å². The van der Waals surface area contributed by atoms with Crippen LogP contribution in [-0.4, -0.2) is 43.7 Å². The number of hydrogen-bond acceptors (Lipinski definition) is 4. The van der Waals surface area contributed by atoms with Gasteiger partial charge in [-0.05, 0) is 0 Å². The van der Waals surface area contributed by atoms with E-state index >= 15 is 0 Å². The largest absolute Gasteiger partial charge is 0.379 e. The first kappa shape index (κ1) is 8.45. The summed E-state index contributed by atoms with van der Waals surface area (Å²) >= 11 is 0. The lowest BCUT2D eigenvalue weighted by Gasteiger charge is -2.25. The van der Waals surface area contributed by atoms with Gasteiger partial charge in [0.25, 0.3) is 0 Å². The predicted octanol–water partition coefficient (Wildman–Crippen LogP) is -1.69. The van der Waals surface area contributed by atoms with E-state index < -0.39 is 0 Å². The number of carbonyl (C=O) groups excluding carboxylic acids is 1. The monoisotopic (exact) mass is 159 g/mol. The fourth-order valence-corrected chi connectivity index (χ4v) is 1.01. The molecule has 0 unspecified atom stereocenters. The van der Waals surface area contributed by atoms with Gasteiger partial charge in [-0.1, -0.05) is 0 Å². The Morgan fingerprint density at radius 3 is 2.73 bits per heavy atom. The normalized spacial score (nSPS) is 19.7. The number of nitrogens with one attached hydrogen (secondary N) is 1. The van der Waals surface area contributed by atoms with Crippen molar-refractivity contribution in [3.8, 4) is 0 Å². The molecular formula is C6H13N3O2. The van der Waals surface area contributed by atoms with Crippen molar-refractivity contribution in [2.75, 3.05) is 32.8 Å². The van der Waals surface area contributed by atoms with Crippen LogP contribution in [-0.2, 0) is 9.53 Å². The van der Waals surface area contributed by atoms with E-state index in [1.807, 2.05) is 4.90 Å². The Labute approximate surface area is 65.5 Å². The van der Waals surface area contributed by atoms with Crippen LogP contribution in [0.1, 0.15) is 0 Å². The van der Waals surface area contributed by atoms with Crippen molar-refractivity contribution in [2.45, 2.75) is 0 Å². The molecule has 5 nitrogen and oxygen atoms in total. The van der Waals surface area contributed by atoms with Crippen LogP contribution in [0, 0.1) is 0 Å². The average Bonchev–Trinajstić information content (AvgIpc) is 2.06. The molecule has 3 N–H and O–H groups in total. The van der Waals surface area contributed by atoms with E-state index in [4.69, 9.17) is 10.6 Å². The molecule has 0 spiro atoms. The third-order valence-corrected chi connectivity index (χ3v) is 1.63. The fourth-order valence-electron chi connectivity index (χ4n) is 1.01. The number of nitrogens with zero attached hydrogens (tertiary/aromatic N) is 1. The molecular weight excluding hydrogens is 146 g/mol. The molecule has 5 heteroatoms. The Balaban J connectivity index is 2.19. The lowest BCUT2D eigenvalue weighted by atomic mass is 10.4. The van der Waals surface area contributed by atoms with Gasteiger partial charge in [0.2, 0.25) is 5.91 Å². The molecule has 1 heterocycles. The Morgan fingerprint density at radius 2 is 2.18 bits per heavy atom. The fraction of sp³-hybridized carbons (Fsp3) is 0.833. The lowest BCUT2D eigenvalue weighted by molar-refractivity contribution is -0.123. The highest BCUT2D eigenvalue weighted by Crippen LogP contribution is 1.94. The molecule has 0 bridgehead atoms. The maximum absolute atomic E-state index is 10.8. The molecule has 1 aliphatic heterocycles. The van der Waals surface area contributed by atoms with Crippen molar-refractivity contribution in [1.82, 2.24) is 10.3 Å². The molecule has 1 fully saturated rings. The van der Waals surface area contributed by atoms with Gasteiger partial charge in [0.1, 0.15) is 0 Å². The number of hydrazine groups is 1. The summed E-state index contributed by atoms with van der Waals surface area (Å²) in [6, 6.07) is 0. The van der Waals surface area contributed by atoms with Gasteiger partial charge in [0, 0.05) is 13.1 Å². The quantitative estimate of drug-likeness (QED) is 0.286. The van der Waals surface area contributed by atoms with Crippen molar-refractivity contribution < 1.29 is 9.53 Å². The Morgan fingerprint density at radius 1 is 1.55 bits per heavy atom. The smallest absolute Gasteiger partial charge is 0.248 e. The summed E-state index contributed by atoms with van der Waals surface area (Å²) in [4.78, 5) is 12.8. The maximum atomic E-state index is 10.8. The molecule has 0 aromatic carbocycles. The van der Waals surface area contributed by atoms with E-state index in [2.05, 4.69) is 5.43 Å². The van der Waals surface area contributed by atoms with Crippen LogP contribution in [0.15, 0.2) is 0 Å². The predicted molar refractivity (Wildman–Crippen MR) is 39.6 cm³/mol. The number of hydrogen-bond donors (Lipinski definition) is 2. The second kappa shape index (κ2) is 4.27. The van der Waals surface area contributed by atoms with Crippen molar-refractivity contribution in [2.24, 2.45) is 5.84 Å². The number of nitrogens with two attached hydrogens (primary N) is 1. The highest BCUT2D eigenvalue weighted by molar-refractivity contribution is 5.77. The van der Waals surface area contributed by atoms with Crippen molar-refractivity contribution in [3.63, 3.8) is 0 Å². The Bertz CT molecular complexity index is 134. The van der Waals surface area contributed by atoms with E-state index in [1.165, 1.54) is 0 Å². The van der Waals surface area contributed by atoms with Gasteiger partial charge in [-0.25, -0.2) is 5.84 Å². The van der Waals surface area contributed by atoms with Crippen LogP contribution in [0.5, 0.6) is 0 Å². The first-order chi connectivity index (χ1) is 5.33. The highest BCUT2D eigenvalue weighted by atomic mass is 16.5. The van der Waals surface area contributed by atoms with Crippen molar-refractivity contribution >= 4 is 5.91 Å². The molecule has 64 valence electrons. The van der Waals surface area contributed by atoms with Crippen LogP contribution in [0.3, 0.4) is 0 Å². The topological polar surface area (TPSA) is 67.6 Å². The molecule has 0 saturated carbocycles. The molecule has 1 saturated heterocycles. The number of ether oxygens (including phenoxy) is 1. The van der Waals surface area contributed by atoms with E-state index in [-0.39, 0.29) is 5.91 Å². The minimum Gasteiger partial charge on any atom is -0.379 e. The Hall–Kier alpha value is -0.650. The van der Waals surface area contributed by atoms with E-state index in [0.29, 0.717) is 19.8 Å². The van der Waals surface area contributed by atoms with Gasteiger partial charge in [-0.2, -0.15) is 0 Å². The molecule has 1 rings (SSSR count). The summed E-state index contributed by atoms with van der Waals surface area (Å²) in [6.45, 7) is 3.41. The summed E-state index contributed by atoms with van der Waals surface area (Å²) in [7, 11) is 0. The first-order valence-corrected chi connectivity index (χ1v) is 3.62. The number of amides is 1. The molecule has 0 radical (unpaired) electrons. The second-order valence-corrected chi connectivity index (χ2v) is 2.46. The zero-order chi connectivity index (χ0) is 8.10. The number of morpholine rings is 1. The van der Waals surface area contributed by atoms with Crippen LogP contribution in [0.2, 0.25) is 0 Å². The summed E-state index contributed by atoms with van der Waals surface area (Å²) in [5.74, 6) is 4.79. The minimum absolute atomic E-state index is 0.146. The van der Waals surface area contributed by atoms with Gasteiger partial charge in [0.05, 0.1) is 19.8 Å². The maximum Gasteiger partial charge on any atom is 0.248 e. The average molecular weight is 159 g/mol. The van der Waals surface area contributed by atoms with Crippen LogP contribution in [0.25, 0.3) is 0 Å². The highest BCUT2D eigenvalue weighted by Gasteiger charge is 2.12. The molecule has 0 aromatic rings. The van der Waals surface area contributed by atoms with Crippen LogP contribution >= 0.6 is 0 Å².